The lowest BCUT2D eigenvalue weighted by Gasteiger charge is -2.19. The molecule has 22 heavy (non-hydrogen) atoms. The van der Waals surface area contributed by atoms with Crippen LogP contribution in [-0.2, 0) is 4.79 Å². The minimum atomic E-state index is -0.477. The molecule has 0 spiro atoms. The average molecular weight is 385 g/mol. The van der Waals surface area contributed by atoms with Crippen LogP contribution in [0.5, 0.6) is 5.75 Å². The summed E-state index contributed by atoms with van der Waals surface area (Å²) in [5, 5.41) is 0. The Labute approximate surface area is 141 Å². The summed E-state index contributed by atoms with van der Waals surface area (Å²) in [6.07, 6.45) is 5.03. The summed E-state index contributed by atoms with van der Waals surface area (Å²) in [4.78, 5) is 11.3. The third-order valence-corrected chi connectivity index (χ3v) is 4.29. The number of nitrogens with one attached hydrogen (secondary N) is 1. The third kappa shape index (κ3) is 3.72. The van der Waals surface area contributed by atoms with Crippen molar-refractivity contribution < 1.29 is 13.9 Å². The second kappa shape index (κ2) is 7.51. The summed E-state index contributed by atoms with van der Waals surface area (Å²) in [5.74, 6) is -0.315. The van der Waals surface area contributed by atoms with Crippen molar-refractivity contribution >= 4 is 39.7 Å². The van der Waals surface area contributed by atoms with Crippen LogP contribution in [0.2, 0.25) is 0 Å². The highest BCUT2D eigenvalue weighted by Gasteiger charge is 2.27. The molecule has 1 saturated heterocycles. The zero-order valence-electron chi connectivity index (χ0n) is 11.6. The van der Waals surface area contributed by atoms with Gasteiger partial charge in [0.05, 0.1) is 16.6 Å². The molecule has 1 aromatic rings. The van der Waals surface area contributed by atoms with Crippen LogP contribution in [-0.4, -0.2) is 19.1 Å². The van der Waals surface area contributed by atoms with Gasteiger partial charge in [0.15, 0.2) is 5.82 Å². The van der Waals surface area contributed by atoms with E-state index in [4.69, 9.17) is 4.74 Å². The molecule has 2 rings (SSSR count). The van der Waals surface area contributed by atoms with E-state index in [1.54, 1.807) is 30.4 Å². The molecule has 116 valence electrons. The van der Waals surface area contributed by atoms with Crippen molar-refractivity contribution in [1.82, 2.24) is 4.72 Å². The second-order valence-electron chi connectivity index (χ2n) is 4.33. The van der Waals surface area contributed by atoms with Crippen molar-refractivity contribution in [2.75, 3.05) is 17.5 Å². The van der Waals surface area contributed by atoms with Crippen LogP contribution in [0.25, 0.3) is 0 Å². The molecule has 0 bridgehead atoms. The highest BCUT2D eigenvalue weighted by Crippen LogP contribution is 2.39. The van der Waals surface area contributed by atoms with Crippen LogP contribution in [0.4, 0.5) is 10.1 Å². The maximum Gasteiger partial charge on any atom is 0.251 e. The van der Waals surface area contributed by atoms with E-state index in [0.29, 0.717) is 10.2 Å². The lowest BCUT2D eigenvalue weighted by Crippen LogP contribution is -2.17. The normalized spacial score (nSPS) is 14.7. The standard InChI is InChI=1S/C15H14BrFN2O2S/c1-3-5-10(4-2)9-21-12-7-6-11(16)14(17)15(12)19-8-13(20)18-22-19/h3-7H,1-2,8-9H2,(H,18,20)/b10-5+. The third-order valence-electron chi connectivity index (χ3n) is 2.83. The zero-order valence-corrected chi connectivity index (χ0v) is 14.0. The van der Waals surface area contributed by atoms with Crippen molar-refractivity contribution in [2.45, 2.75) is 0 Å². The van der Waals surface area contributed by atoms with Crippen molar-refractivity contribution in [2.24, 2.45) is 0 Å². The Morgan fingerprint density at radius 3 is 2.91 bits per heavy atom. The molecule has 0 unspecified atom stereocenters. The zero-order chi connectivity index (χ0) is 16.1. The average Bonchev–Trinajstić information content (AvgIpc) is 2.93. The first-order chi connectivity index (χ1) is 10.6. The Hall–Kier alpha value is -1.73. The summed E-state index contributed by atoms with van der Waals surface area (Å²) in [6, 6.07) is 3.22. The van der Waals surface area contributed by atoms with Crippen LogP contribution in [0, 0.1) is 5.82 Å². The maximum absolute atomic E-state index is 14.4. The van der Waals surface area contributed by atoms with Gasteiger partial charge >= 0.3 is 0 Å². The minimum absolute atomic E-state index is 0.0607. The highest BCUT2D eigenvalue weighted by atomic mass is 79.9. The highest BCUT2D eigenvalue weighted by molar-refractivity contribution is 9.10. The molecule has 4 nitrogen and oxygen atoms in total. The van der Waals surface area contributed by atoms with Gasteiger partial charge in [-0.15, -0.1) is 0 Å². The molecule has 1 aromatic carbocycles. The number of carbonyl (C=O) groups excluding carboxylic acids is 1. The monoisotopic (exact) mass is 384 g/mol. The van der Waals surface area contributed by atoms with Crippen LogP contribution in [0.3, 0.4) is 0 Å². The van der Waals surface area contributed by atoms with E-state index in [-0.39, 0.29) is 24.7 Å². The Morgan fingerprint density at radius 2 is 2.32 bits per heavy atom. The fraction of sp³-hybridized carbons (Fsp3) is 0.133. The Morgan fingerprint density at radius 1 is 1.55 bits per heavy atom. The predicted octanol–water partition coefficient (Wildman–Crippen LogP) is 3.76. The summed E-state index contributed by atoms with van der Waals surface area (Å²) in [6.45, 7) is 7.59. The number of ether oxygens (including phenoxy) is 1. The summed E-state index contributed by atoms with van der Waals surface area (Å²) >= 11 is 4.18. The van der Waals surface area contributed by atoms with Gasteiger partial charge in [-0.25, -0.2) is 4.39 Å². The summed E-state index contributed by atoms with van der Waals surface area (Å²) in [5.41, 5.74) is 1.03. The van der Waals surface area contributed by atoms with Crippen molar-refractivity contribution in [1.29, 1.82) is 0 Å². The fourth-order valence-corrected chi connectivity index (χ4v) is 2.82. The largest absolute Gasteiger partial charge is 0.487 e. The number of carbonyl (C=O) groups is 1. The van der Waals surface area contributed by atoms with Crippen LogP contribution >= 0.6 is 28.1 Å². The van der Waals surface area contributed by atoms with E-state index in [0.717, 1.165) is 17.7 Å². The quantitative estimate of drug-likeness (QED) is 0.598. The number of hydrogen-bond donors (Lipinski definition) is 1. The van der Waals surface area contributed by atoms with E-state index >= 15 is 0 Å². The van der Waals surface area contributed by atoms with Gasteiger partial charge in [0.25, 0.3) is 5.91 Å². The number of halogens is 2. The Balaban J connectivity index is 2.29. The van der Waals surface area contributed by atoms with Gasteiger partial charge in [-0.2, -0.15) is 0 Å². The molecule has 1 aliphatic heterocycles. The fourth-order valence-electron chi connectivity index (χ4n) is 1.78. The van der Waals surface area contributed by atoms with E-state index in [2.05, 4.69) is 33.8 Å². The van der Waals surface area contributed by atoms with Crippen LogP contribution < -0.4 is 13.8 Å². The van der Waals surface area contributed by atoms with Crippen LogP contribution in [0.1, 0.15) is 0 Å². The van der Waals surface area contributed by atoms with Gasteiger partial charge < -0.3 is 4.74 Å². The molecule has 1 fully saturated rings. The molecule has 0 aromatic heterocycles. The van der Waals surface area contributed by atoms with E-state index < -0.39 is 5.82 Å². The smallest absolute Gasteiger partial charge is 0.251 e. The second-order valence-corrected chi connectivity index (χ2v) is 6.01. The number of hydrogen-bond acceptors (Lipinski definition) is 4. The van der Waals surface area contributed by atoms with E-state index in [1.807, 2.05) is 0 Å². The number of amides is 1. The first-order valence-electron chi connectivity index (χ1n) is 6.35. The topological polar surface area (TPSA) is 41.6 Å². The van der Waals surface area contributed by atoms with Gasteiger partial charge in [-0.05, 0) is 33.6 Å². The number of benzene rings is 1. The molecule has 0 saturated carbocycles. The van der Waals surface area contributed by atoms with E-state index in [1.165, 1.54) is 4.31 Å². The molecule has 1 N–H and O–H groups in total. The first-order valence-corrected chi connectivity index (χ1v) is 7.91. The molecule has 0 radical (unpaired) electrons. The number of nitrogens with zero attached hydrogens (tertiary/aromatic N) is 1. The lowest BCUT2D eigenvalue weighted by molar-refractivity contribution is -0.117. The minimum Gasteiger partial charge on any atom is -0.487 e. The predicted molar refractivity (Wildman–Crippen MR) is 91.2 cm³/mol. The van der Waals surface area contributed by atoms with Gasteiger partial charge in [-0.1, -0.05) is 31.4 Å². The molecule has 0 atom stereocenters. The molecule has 1 aliphatic rings. The van der Waals surface area contributed by atoms with Gasteiger partial charge in [0.1, 0.15) is 24.6 Å². The van der Waals surface area contributed by atoms with Crippen molar-refractivity contribution in [3.05, 3.63) is 59.4 Å². The summed E-state index contributed by atoms with van der Waals surface area (Å²) in [7, 11) is 0. The molecule has 0 aliphatic carbocycles. The Bertz CT molecular complexity index is 649. The van der Waals surface area contributed by atoms with Gasteiger partial charge in [0.2, 0.25) is 0 Å². The van der Waals surface area contributed by atoms with Crippen molar-refractivity contribution in [3.8, 4) is 5.75 Å². The molecule has 1 amide bonds. The van der Waals surface area contributed by atoms with E-state index in [9.17, 15) is 9.18 Å². The van der Waals surface area contributed by atoms with Gasteiger partial charge in [0, 0.05) is 0 Å². The van der Waals surface area contributed by atoms with Gasteiger partial charge in [-0.3, -0.25) is 13.8 Å². The number of allylic oxidation sites excluding steroid dienone is 2. The molecular formula is C15H14BrFN2O2S. The first kappa shape index (κ1) is 16.6. The lowest BCUT2D eigenvalue weighted by atomic mass is 10.2. The molecule has 7 heteroatoms. The number of rotatable bonds is 6. The molecule has 1 heterocycles. The van der Waals surface area contributed by atoms with Crippen LogP contribution in [0.15, 0.2) is 53.6 Å². The molecular weight excluding hydrogens is 371 g/mol. The Kier molecular flexibility index (Phi) is 5.68. The number of anilines is 1. The summed E-state index contributed by atoms with van der Waals surface area (Å²) < 4.78 is 24.5. The maximum atomic E-state index is 14.4. The SMILES string of the molecule is C=C/C=C(\C=C)COc1ccc(Br)c(F)c1N1CC(=O)NS1. The van der Waals surface area contributed by atoms with Crippen molar-refractivity contribution in [3.63, 3.8) is 0 Å².